The van der Waals surface area contributed by atoms with Crippen LogP contribution in [0.15, 0.2) is 12.3 Å². The lowest BCUT2D eigenvalue weighted by Crippen LogP contribution is -2.34. The van der Waals surface area contributed by atoms with E-state index >= 15 is 0 Å². The van der Waals surface area contributed by atoms with Gasteiger partial charge in [0.25, 0.3) is 0 Å². The molecular formula is C12H19N5S. The van der Waals surface area contributed by atoms with Gasteiger partial charge in [0, 0.05) is 13.1 Å². The van der Waals surface area contributed by atoms with Gasteiger partial charge in [-0.1, -0.05) is 18.6 Å². The minimum Gasteiger partial charge on any atom is -0.389 e. The molecule has 1 saturated heterocycles. The van der Waals surface area contributed by atoms with Crippen molar-refractivity contribution in [2.75, 3.05) is 31.5 Å². The van der Waals surface area contributed by atoms with Gasteiger partial charge in [0.05, 0.1) is 11.8 Å². The Morgan fingerprint density at radius 1 is 1.39 bits per heavy atom. The first kappa shape index (κ1) is 13.2. The molecule has 1 aromatic heterocycles. The van der Waals surface area contributed by atoms with Gasteiger partial charge in [-0.2, -0.15) is 5.10 Å². The average Bonchev–Trinajstić information content (AvgIpc) is 2.40. The molecule has 6 heteroatoms. The molecule has 1 aromatic rings. The van der Waals surface area contributed by atoms with Crippen molar-refractivity contribution in [3.05, 3.63) is 17.8 Å². The number of nitrogens with two attached hydrogens (primary N) is 1. The van der Waals surface area contributed by atoms with E-state index in [1.165, 1.54) is 32.4 Å². The summed E-state index contributed by atoms with van der Waals surface area (Å²) in [7, 11) is 0. The molecule has 0 radical (unpaired) electrons. The molecule has 0 aromatic carbocycles. The number of aromatic nitrogens is 2. The molecule has 0 amide bonds. The molecule has 0 spiro atoms. The molecule has 98 valence electrons. The maximum Gasteiger partial charge on any atom is 0.158 e. The minimum absolute atomic E-state index is 0.352. The third-order valence-corrected chi connectivity index (χ3v) is 3.38. The first-order valence-corrected chi connectivity index (χ1v) is 6.76. The monoisotopic (exact) mass is 265 g/mol. The van der Waals surface area contributed by atoms with Crippen molar-refractivity contribution in [1.82, 2.24) is 15.1 Å². The lowest BCUT2D eigenvalue weighted by Gasteiger charge is -2.26. The fraction of sp³-hybridized carbons (Fsp3) is 0.583. The zero-order chi connectivity index (χ0) is 12.8. The summed E-state index contributed by atoms with van der Waals surface area (Å²) in [4.78, 5) is 2.82. The van der Waals surface area contributed by atoms with Crippen LogP contribution in [0.1, 0.15) is 24.8 Å². The van der Waals surface area contributed by atoms with Crippen molar-refractivity contribution in [3.63, 3.8) is 0 Å². The van der Waals surface area contributed by atoms with Crippen LogP contribution in [0.4, 0.5) is 5.82 Å². The van der Waals surface area contributed by atoms with Crippen molar-refractivity contribution in [3.8, 4) is 0 Å². The Hall–Kier alpha value is -1.27. The zero-order valence-electron chi connectivity index (χ0n) is 10.4. The van der Waals surface area contributed by atoms with Gasteiger partial charge in [0.1, 0.15) is 4.99 Å². The van der Waals surface area contributed by atoms with Crippen molar-refractivity contribution < 1.29 is 0 Å². The van der Waals surface area contributed by atoms with Crippen LogP contribution in [0.5, 0.6) is 0 Å². The topological polar surface area (TPSA) is 67.1 Å². The predicted molar refractivity (Wildman–Crippen MR) is 76.7 cm³/mol. The molecule has 0 bridgehead atoms. The van der Waals surface area contributed by atoms with E-state index in [9.17, 15) is 0 Å². The largest absolute Gasteiger partial charge is 0.389 e. The van der Waals surface area contributed by atoms with Gasteiger partial charge in [0.2, 0.25) is 0 Å². The highest BCUT2D eigenvalue weighted by molar-refractivity contribution is 7.80. The summed E-state index contributed by atoms with van der Waals surface area (Å²) in [6, 6.07) is 1.79. The molecule has 2 rings (SSSR count). The Balaban J connectivity index is 1.84. The number of piperidine rings is 1. The third kappa shape index (κ3) is 3.61. The van der Waals surface area contributed by atoms with Gasteiger partial charge in [-0.25, -0.2) is 0 Å². The van der Waals surface area contributed by atoms with Crippen molar-refractivity contribution in [1.29, 1.82) is 0 Å². The second-order valence-corrected chi connectivity index (χ2v) is 4.93. The van der Waals surface area contributed by atoms with Gasteiger partial charge in [-0.05, 0) is 32.0 Å². The summed E-state index contributed by atoms with van der Waals surface area (Å²) >= 11 is 4.98. The Morgan fingerprint density at radius 3 is 2.89 bits per heavy atom. The molecular weight excluding hydrogens is 246 g/mol. The molecule has 1 fully saturated rings. The van der Waals surface area contributed by atoms with Gasteiger partial charge >= 0.3 is 0 Å². The number of hydrogen-bond acceptors (Lipinski definition) is 5. The van der Waals surface area contributed by atoms with Crippen LogP contribution in [-0.4, -0.2) is 46.3 Å². The predicted octanol–water partition coefficient (Wildman–Crippen LogP) is 1.01. The second kappa shape index (κ2) is 6.61. The first-order chi connectivity index (χ1) is 8.77. The SMILES string of the molecule is NC(=S)c1ccnnc1NCCN1CCCCC1. The van der Waals surface area contributed by atoms with E-state index in [2.05, 4.69) is 20.4 Å². The van der Waals surface area contributed by atoms with Crippen LogP contribution in [0.2, 0.25) is 0 Å². The lowest BCUT2D eigenvalue weighted by atomic mass is 10.1. The van der Waals surface area contributed by atoms with Crippen LogP contribution in [-0.2, 0) is 0 Å². The Bertz CT molecular complexity index is 403. The van der Waals surface area contributed by atoms with Crippen LogP contribution in [0, 0.1) is 0 Å². The van der Waals surface area contributed by atoms with Gasteiger partial charge < -0.3 is 16.0 Å². The summed E-state index contributed by atoms with van der Waals surface area (Å²) in [6.07, 6.45) is 5.58. The molecule has 0 unspecified atom stereocenters. The first-order valence-electron chi connectivity index (χ1n) is 6.35. The van der Waals surface area contributed by atoms with Gasteiger partial charge in [-0.15, -0.1) is 5.10 Å². The minimum atomic E-state index is 0.352. The Labute approximate surface area is 113 Å². The van der Waals surface area contributed by atoms with E-state index in [0.29, 0.717) is 10.8 Å². The Morgan fingerprint density at radius 2 is 2.17 bits per heavy atom. The number of rotatable bonds is 5. The highest BCUT2D eigenvalue weighted by Crippen LogP contribution is 2.11. The number of nitrogens with zero attached hydrogens (tertiary/aromatic N) is 3. The van der Waals surface area contributed by atoms with Crippen LogP contribution >= 0.6 is 12.2 Å². The number of likely N-dealkylation sites (tertiary alicyclic amines) is 1. The van der Waals surface area contributed by atoms with E-state index in [1.54, 1.807) is 12.3 Å². The average molecular weight is 265 g/mol. The van der Waals surface area contributed by atoms with E-state index < -0.39 is 0 Å². The fourth-order valence-electron chi connectivity index (χ4n) is 2.18. The highest BCUT2D eigenvalue weighted by Gasteiger charge is 2.10. The summed E-state index contributed by atoms with van der Waals surface area (Å²) < 4.78 is 0. The Kier molecular flexibility index (Phi) is 4.83. The molecule has 1 aliphatic rings. The van der Waals surface area contributed by atoms with Crippen LogP contribution < -0.4 is 11.1 Å². The number of hydrogen-bond donors (Lipinski definition) is 2. The maximum atomic E-state index is 5.64. The normalized spacial score (nSPS) is 16.4. The fourth-order valence-corrected chi connectivity index (χ4v) is 2.34. The summed E-state index contributed by atoms with van der Waals surface area (Å²) in [5, 5.41) is 11.1. The second-order valence-electron chi connectivity index (χ2n) is 4.49. The van der Waals surface area contributed by atoms with Crippen molar-refractivity contribution in [2.45, 2.75) is 19.3 Å². The van der Waals surface area contributed by atoms with Gasteiger partial charge in [0.15, 0.2) is 5.82 Å². The molecule has 3 N–H and O–H groups in total. The maximum absolute atomic E-state index is 5.64. The number of nitrogens with one attached hydrogen (secondary N) is 1. The van der Waals surface area contributed by atoms with E-state index in [4.69, 9.17) is 18.0 Å². The number of anilines is 1. The third-order valence-electron chi connectivity index (χ3n) is 3.16. The molecule has 5 nitrogen and oxygen atoms in total. The molecule has 18 heavy (non-hydrogen) atoms. The molecule has 0 aliphatic carbocycles. The van der Waals surface area contributed by atoms with Crippen LogP contribution in [0.25, 0.3) is 0 Å². The quantitative estimate of drug-likeness (QED) is 0.775. The van der Waals surface area contributed by atoms with E-state index in [-0.39, 0.29) is 0 Å². The zero-order valence-corrected chi connectivity index (χ0v) is 11.2. The standard InChI is InChI=1S/C12H19N5S/c13-11(18)10-4-5-15-16-12(10)14-6-9-17-7-2-1-3-8-17/h4-5H,1-3,6-9H2,(H2,13,18)(H,14,16). The highest BCUT2D eigenvalue weighted by atomic mass is 32.1. The van der Waals surface area contributed by atoms with Crippen molar-refractivity contribution in [2.24, 2.45) is 5.73 Å². The summed E-state index contributed by atoms with van der Waals surface area (Å²) in [5.74, 6) is 0.682. The van der Waals surface area contributed by atoms with E-state index in [0.717, 1.165) is 18.7 Å². The molecule has 2 heterocycles. The van der Waals surface area contributed by atoms with Crippen LogP contribution in [0.3, 0.4) is 0 Å². The summed E-state index contributed by atoms with van der Waals surface area (Å²) in [6.45, 7) is 4.26. The lowest BCUT2D eigenvalue weighted by molar-refractivity contribution is 0.237. The van der Waals surface area contributed by atoms with Crippen molar-refractivity contribution >= 4 is 23.0 Å². The summed E-state index contributed by atoms with van der Waals surface area (Å²) in [5.41, 5.74) is 6.40. The van der Waals surface area contributed by atoms with Gasteiger partial charge in [-0.3, -0.25) is 0 Å². The molecule has 1 aliphatic heterocycles. The molecule has 0 atom stereocenters. The smallest absolute Gasteiger partial charge is 0.158 e. The van der Waals surface area contributed by atoms with E-state index in [1.807, 2.05) is 0 Å². The number of thiocarbonyl (C=S) groups is 1. The molecule has 0 saturated carbocycles.